The fourth-order valence-electron chi connectivity index (χ4n) is 1.73. The van der Waals surface area contributed by atoms with E-state index in [0.29, 0.717) is 0 Å². The van der Waals surface area contributed by atoms with E-state index in [-0.39, 0.29) is 6.10 Å². The Bertz CT molecular complexity index is 136. The van der Waals surface area contributed by atoms with Crippen LogP contribution in [0.4, 0.5) is 8.78 Å². The molecule has 0 N–H and O–H groups in total. The van der Waals surface area contributed by atoms with E-state index in [2.05, 4.69) is 16.6 Å². The van der Waals surface area contributed by atoms with E-state index >= 15 is 0 Å². The van der Waals surface area contributed by atoms with Crippen LogP contribution >= 0.6 is 0 Å². The summed E-state index contributed by atoms with van der Waals surface area (Å²) in [7, 11) is 0. The monoisotopic (exact) mass is 193 g/mol. The van der Waals surface area contributed by atoms with Crippen molar-refractivity contribution in [1.29, 1.82) is 0 Å². The number of piperidine rings is 1. The maximum absolute atomic E-state index is 11.8. The molecular formula is C9H17F2NO. The van der Waals surface area contributed by atoms with E-state index in [0.717, 1.165) is 38.9 Å². The van der Waals surface area contributed by atoms with E-state index in [1.807, 2.05) is 0 Å². The molecule has 0 spiro atoms. The average molecular weight is 193 g/mol. The number of likely N-dealkylation sites (tertiary alicyclic amines) is 1. The molecule has 0 atom stereocenters. The molecule has 0 amide bonds. The Morgan fingerprint density at radius 1 is 1.38 bits per heavy atom. The Labute approximate surface area is 77.9 Å². The molecule has 1 aliphatic rings. The van der Waals surface area contributed by atoms with E-state index < -0.39 is 6.61 Å². The Morgan fingerprint density at radius 3 is 2.46 bits per heavy atom. The molecule has 0 unspecified atom stereocenters. The highest BCUT2D eigenvalue weighted by Crippen LogP contribution is 2.16. The third kappa shape index (κ3) is 4.00. The van der Waals surface area contributed by atoms with Gasteiger partial charge in [-0.25, -0.2) is 0 Å². The van der Waals surface area contributed by atoms with Gasteiger partial charge in [0, 0.05) is 13.1 Å². The normalized spacial score (nSPS) is 21.2. The first-order chi connectivity index (χ1) is 6.22. The number of nitrogens with zero attached hydrogens (tertiary/aromatic N) is 1. The van der Waals surface area contributed by atoms with Gasteiger partial charge in [-0.3, -0.25) is 0 Å². The zero-order valence-electron chi connectivity index (χ0n) is 8.01. The zero-order valence-corrected chi connectivity index (χ0v) is 8.01. The average Bonchev–Trinajstić information content (AvgIpc) is 2.08. The molecule has 0 aromatic carbocycles. The van der Waals surface area contributed by atoms with Crippen LogP contribution in [0.3, 0.4) is 0 Å². The van der Waals surface area contributed by atoms with Crippen molar-refractivity contribution in [3.63, 3.8) is 0 Å². The molecule has 0 aliphatic carbocycles. The Kier molecular flexibility index (Phi) is 4.59. The van der Waals surface area contributed by atoms with Gasteiger partial charge in [0.25, 0.3) is 0 Å². The molecule has 2 nitrogen and oxygen atoms in total. The minimum Gasteiger partial charge on any atom is -0.320 e. The third-order valence-electron chi connectivity index (χ3n) is 2.37. The summed E-state index contributed by atoms with van der Waals surface area (Å²) in [6.07, 6.45) is 2.38. The molecule has 1 saturated heterocycles. The van der Waals surface area contributed by atoms with Gasteiger partial charge in [0.2, 0.25) is 0 Å². The van der Waals surface area contributed by atoms with Crippen LogP contribution < -0.4 is 0 Å². The summed E-state index contributed by atoms with van der Waals surface area (Å²) in [5, 5.41) is 0. The lowest BCUT2D eigenvalue weighted by molar-refractivity contribution is -0.172. The summed E-state index contributed by atoms with van der Waals surface area (Å²) in [5.74, 6) is 0. The summed E-state index contributed by atoms with van der Waals surface area (Å²) in [5.41, 5.74) is 0. The Morgan fingerprint density at radius 2 is 2.00 bits per heavy atom. The molecule has 13 heavy (non-hydrogen) atoms. The van der Waals surface area contributed by atoms with Gasteiger partial charge in [-0.1, -0.05) is 6.92 Å². The van der Waals surface area contributed by atoms with Crippen molar-refractivity contribution in [2.24, 2.45) is 0 Å². The van der Waals surface area contributed by atoms with Gasteiger partial charge in [0.15, 0.2) is 0 Å². The van der Waals surface area contributed by atoms with Crippen molar-refractivity contribution in [2.75, 3.05) is 19.6 Å². The van der Waals surface area contributed by atoms with Crippen molar-refractivity contribution < 1.29 is 13.5 Å². The van der Waals surface area contributed by atoms with E-state index in [9.17, 15) is 8.78 Å². The third-order valence-corrected chi connectivity index (χ3v) is 2.37. The van der Waals surface area contributed by atoms with E-state index in [4.69, 9.17) is 0 Å². The molecule has 4 heteroatoms. The SMILES string of the molecule is CCCN1CCC(OC(F)F)CC1. The molecule has 0 aromatic heterocycles. The van der Waals surface area contributed by atoms with Crippen molar-refractivity contribution in [2.45, 2.75) is 38.9 Å². The number of rotatable bonds is 4. The van der Waals surface area contributed by atoms with Crippen LogP contribution in [0.25, 0.3) is 0 Å². The first-order valence-electron chi connectivity index (χ1n) is 4.88. The second-order valence-electron chi connectivity index (χ2n) is 3.44. The number of hydrogen-bond acceptors (Lipinski definition) is 2. The number of ether oxygens (including phenoxy) is 1. The van der Waals surface area contributed by atoms with Crippen LogP contribution in [0.1, 0.15) is 26.2 Å². The minimum atomic E-state index is -2.61. The molecule has 0 saturated carbocycles. The van der Waals surface area contributed by atoms with Gasteiger partial charge in [0.1, 0.15) is 0 Å². The number of halogens is 2. The first kappa shape index (κ1) is 10.9. The molecule has 0 aromatic rings. The summed E-state index contributed by atoms with van der Waals surface area (Å²) < 4.78 is 28.1. The summed E-state index contributed by atoms with van der Waals surface area (Å²) in [6.45, 7) is 2.38. The fraction of sp³-hybridized carbons (Fsp3) is 1.00. The lowest BCUT2D eigenvalue weighted by Crippen LogP contribution is -2.37. The quantitative estimate of drug-likeness (QED) is 0.678. The van der Waals surface area contributed by atoms with Crippen LogP contribution in [-0.2, 0) is 4.74 Å². The Hall–Kier alpha value is -0.220. The Balaban J connectivity index is 2.15. The van der Waals surface area contributed by atoms with Gasteiger partial charge in [-0.05, 0) is 25.8 Å². The molecule has 1 rings (SSSR count). The number of alkyl halides is 2. The fourth-order valence-corrected chi connectivity index (χ4v) is 1.73. The predicted molar refractivity (Wildman–Crippen MR) is 46.8 cm³/mol. The summed E-state index contributed by atoms with van der Waals surface area (Å²) in [4.78, 5) is 2.30. The maximum Gasteiger partial charge on any atom is 0.345 e. The molecule has 1 aliphatic heterocycles. The maximum atomic E-state index is 11.8. The highest BCUT2D eigenvalue weighted by molar-refractivity contribution is 4.71. The molecule has 78 valence electrons. The van der Waals surface area contributed by atoms with Gasteiger partial charge in [0.05, 0.1) is 6.10 Å². The molecule has 0 bridgehead atoms. The van der Waals surface area contributed by atoms with Gasteiger partial charge >= 0.3 is 6.61 Å². The van der Waals surface area contributed by atoms with Crippen molar-refractivity contribution in [1.82, 2.24) is 4.90 Å². The van der Waals surface area contributed by atoms with E-state index in [1.165, 1.54) is 0 Å². The lowest BCUT2D eigenvalue weighted by atomic mass is 10.1. The van der Waals surface area contributed by atoms with Crippen LogP contribution in [0, 0.1) is 0 Å². The topological polar surface area (TPSA) is 12.5 Å². The second kappa shape index (κ2) is 5.50. The molecular weight excluding hydrogens is 176 g/mol. The number of hydrogen-bond donors (Lipinski definition) is 0. The first-order valence-corrected chi connectivity index (χ1v) is 4.88. The largest absolute Gasteiger partial charge is 0.345 e. The van der Waals surface area contributed by atoms with Crippen molar-refractivity contribution in [3.05, 3.63) is 0 Å². The van der Waals surface area contributed by atoms with Crippen molar-refractivity contribution in [3.8, 4) is 0 Å². The minimum absolute atomic E-state index is 0.229. The lowest BCUT2D eigenvalue weighted by Gasteiger charge is -2.31. The van der Waals surface area contributed by atoms with Crippen LogP contribution in [0.5, 0.6) is 0 Å². The highest BCUT2D eigenvalue weighted by atomic mass is 19.3. The predicted octanol–water partition coefficient (Wildman–Crippen LogP) is 2.10. The van der Waals surface area contributed by atoms with Crippen LogP contribution in [0.15, 0.2) is 0 Å². The smallest absolute Gasteiger partial charge is 0.320 e. The van der Waals surface area contributed by atoms with Gasteiger partial charge in [-0.15, -0.1) is 0 Å². The standard InChI is InChI=1S/C9H17F2NO/c1-2-5-12-6-3-8(4-7-12)13-9(10)11/h8-9H,2-7H2,1H3. The summed E-state index contributed by atoms with van der Waals surface area (Å²) in [6, 6.07) is 0. The highest BCUT2D eigenvalue weighted by Gasteiger charge is 2.21. The molecule has 1 fully saturated rings. The van der Waals surface area contributed by atoms with Crippen LogP contribution in [-0.4, -0.2) is 37.2 Å². The molecule has 1 heterocycles. The van der Waals surface area contributed by atoms with Crippen molar-refractivity contribution >= 4 is 0 Å². The van der Waals surface area contributed by atoms with Gasteiger partial charge < -0.3 is 9.64 Å². The van der Waals surface area contributed by atoms with Gasteiger partial charge in [-0.2, -0.15) is 8.78 Å². The molecule has 0 radical (unpaired) electrons. The summed E-state index contributed by atoms with van der Waals surface area (Å²) >= 11 is 0. The van der Waals surface area contributed by atoms with Crippen LogP contribution in [0.2, 0.25) is 0 Å². The van der Waals surface area contributed by atoms with E-state index in [1.54, 1.807) is 0 Å². The zero-order chi connectivity index (χ0) is 9.68. The second-order valence-corrected chi connectivity index (χ2v) is 3.44.